The van der Waals surface area contributed by atoms with E-state index in [9.17, 15) is 0 Å². The van der Waals surface area contributed by atoms with Crippen LogP contribution in [0.15, 0.2) is 22.7 Å². The lowest BCUT2D eigenvalue weighted by Crippen LogP contribution is -2.35. The molecular formula is C12H17BrN2. The summed E-state index contributed by atoms with van der Waals surface area (Å²) < 4.78 is 1.18. The number of aryl methyl sites for hydroxylation is 1. The van der Waals surface area contributed by atoms with Gasteiger partial charge in [0, 0.05) is 17.1 Å². The molecule has 15 heavy (non-hydrogen) atoms. The van der Waals surface area contributed by atoms with E-state index in [1.165, 1.54) is 28.6 Å². The van der Waals surface area contributed by atoms with Gasteiger partial charge < -0.3 is 10.6 Å². The monoisotopic (exact) mass is 268 g/mol. The average Bonchev–Trinajstić information content (AvgIpc) is 2.27. The van der Waals surface area contributed by atoms with Crippen molar-refractivity contribution >= 4 is 21.6 Å². The Labute approximate surface area is 99.6 Å². The summed E-state index contributed by atoms with van der Waals surface area (Å²) in [6.07, 6.45) is 2.40. The summed E-state index contributed by atoms with van der Waals surface area (Å²) >= 11 is 3.59. The molecule has 0 aliphatic carbocycles. The van der Waals surface area contributed by atoms with Gasteiger partial charge in [-0.25, -0.2) is 0 Å². The summed E-state index contributed by atoms with van der Waals surface area (Å²) in [5.74, 6) is 0. The van der Waals surface area contributed by atoms with Gasteiger partial charge in [0.1, 0.15) is 0 Å². The zero-order valence-electron chi connectivity index (χ0n) is 9.02. The standard InChI is InChI=1S/C12H17BrN2/c1-2-14-8-10-7-6-9-4-3-5-11(13)12(9)15-10/h3-5,10,14-15H,2,6-8H2,1H3. The van der Waals surface area contributed by atoms with Crippen molar-refractivity contribution in [1.29, 1.82) is 0 Å². The molecule has 2 nitrogen and oxygen atoms in total. The van der Waals surface area contributed by atoms with Crippen LogP contribution in [0.1, 0.15) is 18.9 Å². The number of halogens is 1. The fourth-order valence-electron chi connectivity index (χ4n) is 2.02. The number of benzene rings is 1. The van der Waals surface area contributed by atoms with Crippen LogP contribution in [0, 0.1) is 0 Å². The Morgan fingerprint density at radius 1 is 1.53 bits per heavy atom. The van der Waals surface area contributed by atoms with Gasteiger partial charge >= 0.3 is 0 Å². The maximum atomic E-state index is 3.59. The first kappa shape index (κ1) is 11.0. The summed E-state index contributed by atoms with van der Waals surface area (Å²) in [5.41, 5.74) is 2.71. The van der Waals surface area contributed by atoms with Crippen molar-refractivity contribution in [1.82, 2.24) is 5.32 Å². The van der Waals surface area contributed by atoms with Crippen molar-refractivity contribution in [3.63, 3.8) is 0 Å². The van der Waals surface area contributed by atoms with Crippen LogP contribution in [-0.4, -0.2) is 19.1 Å². The molecule has 1 atom stereocenters. The van der Waals surface area contributed by atoms with Gasteiger partial charge in [-0.15, -0.1) is 0 Å². The summed E-state index contributed by atoms with van der Waals surface area (Å²) in [6.45, 7) is 4.24. The van der Waals surface area contributed by atoms with Crippen molar-refractivity contribution < 1.29 is 0 Å². The highest BCUT2D eigenvalue weighted by Gasteiger charge is 2.18. The Bertz CT molecular complexity index is 338. The Balaban J connectivity index is 2.08. The quantitative estimate of drug-likeness (QED) is 0.881. The van der Waals surface area contributed by atoms with Crippen LogP contribution in [0.3, 0.4) is 0 Å². The zero-order chi connectivity index (χ0) is 10.7. The second-order valence-electron chi connectivity index (χ2n) is 3.96. The number of likely N-dealkylation sites (N-methyl/N-ethyl adjacent to an activating group) is 1. The predicted octanol–water partition coefficient (Wildman–Crippen LogP) is 2.79. The lowest BCUT2D eigenvalue weighted by atomic mass is 9.98. The maximum Gasteiger partial charge on any atom is 0.0519 e. The van der Waals surface area contributed by atoms with E-state index >= 15 is 0 Å². The van der Waals surface area contributed by atoms with Gasteiger partial charge in [-0.1, -0.05) is 19.1 Å². The van der Waals surface area contributed by atoms with Gasteiger partial charge in [0.2, 0.25) is 0 Å². The van der Waals surface area contributed by atoms with E-state index in [1.807, 2.05) is 0 Å². The number of rotatable bonds is 3. The number of hydrogen-bond acceptors (Lipinski definition) is 2. The lowest BCUT2D eigenvalue weighted by molar-refractivity contribution is 0.570. The van der Waals surface area contributed by atoms with E-state index in [2.05, 4.69) is 51.7 Å². The highest BCUT2D eigenvalue weighted by molar-refractivity contribution is 9.10. The minimum atomic E-state index is 0.566. The minimum Gasteiger partial charge on any atom is -0.380 e. The van der Waals surface area contributed by atoms with Gasteiger partial charge in [0.25, 0.3) is 0 Å². The summed E-state index contributed by atoms with van der Waals surface area (Å²) in [4.78, 5) is 0. The second kappa shape index (κ2) is 4.99. The van der Waals surface area contributed by atoms with E-state index in [-0.39, 0.29) is 0 Å². The molecule has 0 spiro atoms. The van der Waals surface area contributed by atoms with E-state index < -0.39 is 0 Å². The largest absolute Gasteiger partial charge is 0.380 e. The molecule has 0 aromatic heterocycles. The van der Waals surface area contributed by atoms with E-state index in [4.69, 9.17) is 0 Å². The van der Waals surface area contributed by atoms with Gasteiger partial charge in [0.05, 0.1) is 5.69 Å². The van der Waals surface area contributed by atoms with Crippen molar-refractivity contribution in [2.75, 3.05) is 18.4 Å². The van der Waals surface area contributed by atoms with E-state index in [0.29, 0.717) is 6.04 Å². The molecule has 1 aromatic rings. The van der Waals surface area contributed by atoms with Crippen molar-refractivity contribution in [2.45, 2.75) is 25.8 Å². The average molecular weight is 269 g/mol. The SMILES string of the molecule is CCNCC1CCc2cccc(Br)c2N1. The fraction of sp³-hybridized carbons (Fsp3) is 0.500. The number of nitrogens with one attached hydrogen (secondary N) is 2. The molecule has 0 radical (unpaired) electrons. The van der Waals surface area contributed by atoms with E-state index in [1.54, 1.807) is 0 Å². The second-order valence-corrected chi connectivity index (χ2v) is 4.82. The first-order valence-electron chi connectivity index (χ1n) is 5.56. The molecule has 2 rings (SSSR count). The molecule has 1 aliphatic rings. The molecule has 82 valence electrons. The third-order valence-electron chi connectivity index (χ3n) is 2.85. The molecule has 1 heterocycles. The minimum absolute atomic E-state index is 0.566. The fourth-order valence-corrected chi connectivity index (χ4v) is 2.54. The number of fused-ring (bicyclic) bond motifs is 1. The molecule has 3 heteroatoms. The smallest absolute Gasteiger partial charge is 0.0519 e. The third-order valence-corrected chi connectivity index (χ3v) is 3.51. The van der Waals surface area contributed by atoms with Crippen molar-refractivity contribution in [3.05, 3.63) is 28.2 Å². The Kier molecular flexibility index (Phi) is 3.65. The van der Waals surface area contributed by atoms with Crippen LogP contribution in [0.2, 0.25) is 0 Å². The van der Waals surface area contributed by atoms with Crippen LogP contribution in [0.5, 0.6) is 0 Å². The Morgan fingerprint density at radius 2 is 2.40 bits per heavy atom. The van der Waals surface area contributed by atoms with Crippen LogP contribution < -0.4 is 10.6 Å². The first-order valence-corrected chi connectivity index (χ1v) is 6.35. The van der Waals surface area contributed by atoms with Crippen LogP contribution >= 0.6 is 15.9 Å². The summed E-state index contributed by atoms with van der Waals surface area (Å²) in [5, 5.41) is 6.98. The molecule has 0 saturated carbocycles. The summed E-state index contributed by atoms with van der Waals surface area (Å²) in [7, 11) is 0. The van der Waals surface area contributed by atoms with Crippen LogP contribution in [0.25, 0.3) is 0 Å². The molecular weight excluding hydrogens is 252 g/mol. The number of hydrogen-bond donors (Lipinski definition) is 2. The molecule has 0 saturated heterocycles. The molecule has 1 aromatic carbocycles. The van der Waals surface area contributed by atoms with Gasteiger partial charge in [0.15, 0.2) is 0 Å². The highest BCUT2D eigenvalue weighted by atomic mass is 79.9. The molecule has 0 fully saturated rings. The molecule has 1 unspecified atom stereocenters. The lowest BCUT2D eigenvalue weighted by Gasteiger charge is -2.28. The molecule has 0 bridgehead atoms. The van der Waals surface area contributed by atoms with Gasteiger partial charge in [-0.2, -0.15) is 0 Å². The summed E-state index contributed by atoms with van der Waals surface area (Å²) in [6, 6.07) is 6.98. The zero-order valence-corrected chi connectivity index (χ0v) is 10.6. The molecule has 2 N–H and O–H groups in total. The number of anilines is 1. The highest BCUT2D eigenvalue weighted by Crippen LogP contribution is 2.31. The third kappa shape index (κ3) is 2.52. The van der Waals surface area contributed by atoms with E-state index in [0.717, 1.165) is 13.1 Å². The predicted molar refractivity (Wildman–Crippen MR) is 68.4 cm³/mol. The first-order chi connectivity index (χ1) is 7.31. The van der Waals surface area contributed by atoms with Gasteiger partial charge in [-0.3, -0.25) is 0 Å². The van der Waals surface area contributed by atoms with Crippen molar-refractivity contribution in [2.24, 2.45) is 0 Å². The molecule has 1 aliphatic heterocycles. The number of para-hydroxylation sites is 1. The normalized spacial score (nSPS) is 19.5. The van der Waals surface area contributed by atoms with Crippen LogP contribution in [0.4, 0.5) is 5.69 Å². The van der Waals surface area contributed by atoms with Crippen LogP contribution in [-0.2, 0) is 6.42 Å². The van der Waals surface area contributed by atoms with Crippen molar-refractivity contribution in [3.8, 4) is 0 Å². The molecule has 0 amide bonds. The van der Waals surface area contributed by atoms with Gasteiger partial charge in [-0.05, 0) is 46.9 Å². The topological polar surface area (TPSA) is 24.1 Å². The Hall–Kier alpha value is -0.540. The Morgan fingerprint density at radius 3 is 3.20 bits per heavy atom. The maximum absolute atomic E-state index is 3.59.